The minimum atomic E-state index is -3.72. The van der Waals surface area contributed by atoms with Gasteiger partial charge in [-0.25, -0.2) is 13.9 Å². The first kappa shape index (κ1) is 18.2. The fourth-order valence-corrected chi connectivity index (χ4v) is 2.51. The molecule has 8 heteroatoms. The lowest BCUT2D eigenvalue weighted by Crippen LogP contribution is -2.49. The summed E-state index contributed by atoms with van der Waals surface area (Å²) in [6.45, 7) is 5.14. The van der Waals surface area contributed by atoms with E-state index in [1.54, 1.807) is 6.07 Å². The second-order valence-corrected chi connectivity index (χ2v) is 8.00. The lowest BCUT2D eigenvalue weighted by atomic mass is 10.0. The van der Waals surface area contributed by atoms with E-state index in [1.165, 1.54) is 12.4 Å². The average molecular weight is 328 g/mol. The van der Waals surface area contributed by atoms with Gasteiger partial charge in [0.1, 0.15) is 4.75 Å². The van der Waals surface area contributed by atoms with Crippen LogP contribution in [-0.4, -0.2) is 35.7 Å². The van der Waals surface area contributed by atoms with Gasteiger partial charge >= 0.3 is 0 Å². The molecule has 0 fully saturated rings. The standard InChI is InChI=1S/C14H20N2O5S/c1-10(2)5-6-12-9-11(16-21-12)7-8-14(3,13(17)15-18)22(4,19)20/h9-10,18H,7-8H2,1-4H3,(H,15,17)/t14-/m1/s1. The van der Waals surface area contributed by atoms with Crippen molar-refractivity contribution in [2.75, 3.05) is 6.26 Å². The number of hydrogen-bond donors (Lipinski definition) is 2. The Kier molecular flexibility index (Phi) is 5.74. The molecule has 1 rings (SSSR count). The van der Waals surface area contributed by atoms with Crippen molar-refractivity contribution < 1.29 is 22.9 Å². The highest BCUT2D eigenvalue weighted by atomic mass is 32.2. The van der Waals surface area contributed by atoms with Crippen LogP contribution < -0.4 is 5.48 Å². The summed E-state index contributed by atoms with van der Waals surface area (Å²) in [6, 6.07) is 1.61. The van der Waals surface area contributed by atoms with Crippen molar-refractivity contribution in [2.45, 2.75) is 38.4 Å². The molecule has 0 aliphatic rings. The predicted molar refractivity (Wildman–Crippen MR) is 79.7 cm³/mol. The number of amides is 1. The fourth-order valence-electron chi connectivity index (χ4n) is 1.66. The largest absolute Gasteiger partial charge is 0.347 e. The maximum absolute atomic E-state index is 11.8. The van der Waals surface area contributed by atoms with Crippen molar-refractivity contribution in [2.24, 2.45) is 5.92 Å². The first-order chi connectivity index (χ1) is 10.1. The number of rotatable bonds is 5. The molecule has 2 N–H and O–H groups in total. The van der Waals surface area contributed by atoms with Crippen LogP contribution in [-0.2, 0) is 21.1 Å². The summed E-state index contributed by atoms with van der Waals surface area (Å²) in [5.74, 6) is 5.33. The summed E-state index contributed by atoms with van der Waals surface area (Å²) in [5.41, 5.74) is 1.90. The normalized spacial score (nSPS) is 14.1. The molecule has 0 aliphatic carbocycles. The van der Waals surface area contributed by atoms with Gasteiger partial charge in [-0.15, -0.1) is 0 Å². The smallest absolute Gasteiger partial charge is 0.264 e. The van der Waals surface area contributed by atoms with Gasteiger partial charge < -0.3 is 4.52 Å². The lowest BCUT2D eigenvalue weighted by Gasteiger charge is -2.24. The quantitative estimate of drug-likeness (QED) is 0.472. The molecule has 0 aliphatic heterocycles. The second-order valence-electron chi connectivity index (χ2n) is 5.55. The molecule has 0 saturated heterocycles. The van der Waals surface area contributed by atoms with Gasteiger partial charge in [-0.2, -0.15) is 0 Å². The van der Waals surface area contributed by atoms with Crippen molar-refractivity contribution in [1.82, 2.24) is 10.6 Å². The van der Waals surface area contributed by atoms with Crippen LogP contribution in [0.15, 0.2) is 10.6 Å². The van der Waals surface area contributed by atoms with E-state index in [9.17, 15) is 13.2 Å². The number of nitrogens with zero attached hydrogens (tertiary/aromatic N) is 1. The maximum atomic E-state index is 11.8. The number of sulfone groups is 1. The highest BCUT2D eigenvalue weighted by molar-refractivity contribution is 7.92. The molecule has 1 aromatic heterocycles. The third kappa shape index (κ3) is 4.32. The van der Waals surface area contributed by atoms with Gasteiger partial charge in [0.2, 0.25) is 5.76 Å². The van der Waals surface area contributed by atoms with Crippen LogP contribution >= 0.6 is 0 Å². The molecule has 1 aromatic rings. The Morgan fingerprint density at radius 2 is 2.18 bits per heavy atom. The first-order valence-corrected chi connectivity index (χ1v) is 8.60. The van der Waals surface area contributed by atoms with Gasteiger partial charge in [0.25, 0.3) is 5.91 Å². The van der Waals surface area contributed by atoms with Gasteiger partial charge in [-0.1, -0.05) is 24.9 Å². The number of aromatic nitrogens is 1. The average Bonchev–Trinajstić information content (AvgIpc) is 2.88. The maximum Gasteiger partial charge on any atom is 0.264 e. The molecule has 1 amide bonds. The molecule has 0 saturated carbocycles. The SMILES string of the molecule is CC(C)C#Cc1cc(CC[C@](C)(C(=O)NO)S(C)(=O)=O)no1. The molecule has 0 spiro atoms. The summed E-state index contributed by atoms with van der Waals surface area (Å²) >= 11 is 0. The van der Waals surface area contributed by atoms with Crippen molar-refractivity contribution in [1.29, 1.82) is 0 Å². The van der Waals surface area contributed by atoms with Crippen LogP contribution in [0.2, 0.25) is 0 Å². The molecular formula is C14H20N2O5S. The highest BCUT2D eigenvalue weighted by Gasteiger charge is 2.43. The van der Waals surface area contributed by atoms with E-state index in [4.69, 9.17) is 9.73 Å². The van der Waals surface area contributed by atoms with Crippen LogP contribution in [0.4, 0.5) is 0 Å². The fraction of sp³-hybridized carbons (Fsp3) is 0.571. The summed E-state index contributed by atoms with van der Waals surface area (Å²) < 4.78 is 26.9. The third-order valence-corrected chi connectivity index (χ3v) is 5.33. The molecule has 1 heterocycles. The summed E-state index contributed by atoms with van der Waals surface area (Å²) in [4.78, 5) is 11.7. The van der Waals surface area contributed by atoms with Crippen molar-refractivity contribution in [3.8, 4) is 11.8 Å². The number of hydrogen-bond acceptors (Lipinski definition) is 6. The Hall–Kier alpha value is -1.85. The molecule has 1 atom stereocenters. The molecule has 0 unspecified atom stereocenters. The van der Waals surface area contributed by atoms with Crippen LogP contribution in [0.1, 0.15) is 38.6 Å². The number of aryl methyl sites for hydroxylation is 1. The van der Waals surface area contributed by atoms with Crippen LogP contribution in [0.25, 0.3) is 0 Å². The Morgan fingerprint density at radius 1 is 1.55 bits per heavy atom. The highest BCUT2D eigenvalue weighted by Crippen LogP contribution is 2.23. The minimum absolute atomic E-state index is 0.0399. The molecular weight excluding hydrogens is 308 g/mol. The number of hydroxylamine groups is 1. The Labute approximate surface area is 129 Å². The van der Waals surface area contributed by atoms with E-state index in [0.717, 1.165) is 6.26 Å². The van der Waals surface area contributed by atoms with E-state index in [1.807, 2.05) is 13.8 Å². The van der Waals surface area contributed by atoms with Gasteiger partial charge in [-0.05, 0) is 25.7 Å². The van der Waals surface area contributed by atoms with Crippen LogP contribution in [0, 0.1) is 17.8 Å². The molecule has 7 nitrogen and oxygen atoms in total. The summed E-state index contributed by atoms with van der Waals surface area (Å²) in [5, 5.41) is 12.5. The van der Waals surface area contributed by atoms with Crippen molar-refractivity contribution in [3.05, 3.63) is 17.5 Å². The van der Waals surface area contributed by atoms with E-state index in [-0.39, 0.29) is 18.8 Å². The van der Waals surface area contributed by atoms with E-state index in [0.29, 0.717) is 11.5 Å². The van der Waals surface area contributed by atoms with Crippen molar-refractivity contribution in [3.63, 3.8) is 0 Å². The monoisotopic (exact) mass is 328 g/mol. The number of nitrogens with one attached hydrogen (secondary N) is 1. The third-order valence-electron chi connectivity index (χ3n) is 3.30. The molecule has 22 heavy (non-hydrogen) atoms. The molecule has 122 valence electrons. The zero-order chi connectivity index (χ0) is 17.0. The topological polar surface area (TPSA) is 110 Å². The first-order valence-electron chi connectivity index (χ1n) is 6.71. The Balaban J connectivity index is 2.88. The minimum Gasteiger partial charge on any atom is -0.347 e. The van der Waals surface area contributed by atoms with Crippen LogP contribution in [0.5, 0.6) is 0 Å². The zero-order valence-electron chi connectivity index (χ0n) is 13.0. The van der Waals surface area contributed by atoms with Gasteiger partial charge in [0.05, 0.1) is 5.69 Å². The van der Waals surface area contributed by atoms with Gasteiger partial charge in [-0.3, -0.25) is 10.0 Å². The molecule has 0 aromatic carbocycles. The van der Waals surface area contributed by atoms with Crippen LogP contribution in [0.3, 0.4) is 0 Å². The molecule has 0 bridgehead atoms. The molecule has 0 radical (unpaired) electrons. The summed E-state index contributed by atoms with van der Waals surface area (Å²) in [6.07, 6.45) is 1.11. The second kappa shape index (κ2) is 6.94. The van der Waals surface area contributed by atoms with Gasteiger partial charge in [0.15, 0.2) is 9.84 Å². The number of carbonyl (C=O) groups is 1. The van der Waals surface area contributed by atoms with Gasteiger partial charge in [0, 0.05) is 18.2 Å². The van der Waals surface area contributed by atoms with E-state index < -0.39 is 20.5 Å². The lowest BCUT2D eigenvalue weighted by molar-refractivity contribution is -0.131. The Bertz CT molecular complexity index is 696. The predicted octanol–water partition coefficient (Wildman–Crippen LogP) is 0.923. The zero-order valence-corrected chi connectivity index (χ0v) is 13.8. The van der Waals surface area contributed by atoms with E-state index >= 15 is 0 Å². The van der Waals surface area contributed by atoms with E-state index in [2.05, 4.69) is 17.0 Å². The number of carbonyl (C=O) groups excluding carboxylic acids is 1. The Morgan fingerprint density at radius 3 is 2.68 bits per heavy atom. The van der Waals surface area contributed by atoms with Crippen molar-refractivity contribution >= 4 is 15.7 Å². The summed E-state index contributed by atoms with van der Waals surface area (Å²) in [7, 11) is -3.72.